The Bertz CT molecular complexity index is 879. The normalized spacial score (nSPS) is 16.3. The van der Waals surface area contributed by atoms with Gasteiger partial charge in [0.15, 0.2) is 5.13 Å². The Morgan fingerprint density at radius 3 is 2.58 bits per heavy atom. The number of thiazole rings is 1. The second-order valence-electron chi connectivity index (χ2n) is 9.13. The fourth-order valence-corrected chi connectivity index (χ4v) is 4.72. The number of aromatic nitrogens is 1. The van der Waals surface area contributed by atoms with Crippen LogP contribution in [0.15, 0.2) is 0 Å². The third-order valence-electron chi connectivity index (χ3n) is 5.02. The molecule has 1 aliphatic carbocycles. The zero-order valence-electron chi connectivity index (χ0n) is 19.9. The van der Waals surface area contributed by atoms with Crippen LogP contribution in [0, 0.1) is 0 Å². The Morgan fingerprint density at radius 2 is 2.00 bits per heavy atom. The number of anilines is 1. The number of carboxylic acids is 1. The van der Waals surface area contributed by atoms with Crippen LogP contribution in [-0.4, -0.2) is 63.1 Å². The van der Waals surface area contributed by atoms with E-state index in [1.807, 2.05) is 27.7 Å². The Balaban J connectivity index is 2.09. The number of amides is 3. The van der Waals surface area contributed by atoms with Crippen LogP contribution in [0.25, 0.3) is 0 Å². The number of rotatable bonds is 9. The molecule has 10 nitrogen and oxygen atoms in total. The third-order valence-corrected chi connectivity index (χ3v) is 6.05. The minimum Gasteiger partial charge on any atom is -0.481 e. The molecule has 3 amide bonds. The molecule has 0 saturated carbocycles. The van der Waals surface area contributed by atoms with Crippen LogP contribution in [0.5, 0.6) is 0 Å². The van der Waals surface area contributed by atoms with Crippen molar-refractivity contribution in [2.75, 3.05) is 11.9 Å². The quantitative estimate of drug-likeness (QED) is 0.492. The maximum atomic E-state index is 12.7. The van der Waals surface area contributed by atoms with E-state index in [4.69, 9.17) is 9.84 Å². The predicted molar refractivity (Wildman–Crippen MR) is 124 cm³/mol. The molecule has 0 saturated heterocycles. The van der Waals surface area contributed by atoms with Crippen molar-refractivity contribution < 1.29 is 29.0 Å². The molecule has 0 fully saturated rings. The van der Waals surface area contributed by atoms with Crippen molar-refractivity contribution in [2.45, 2.75) is 90.8 Å². The molecule has 0 spiro atoms. The number of carboxylic acid groups (broad SMARTS) is 1. The van der Waals surface area contributed by atoms with E-state index < -0.39 is 29.4 Å². The van der Waals surface area contributed by atoms with Gasteiger partial charge in [-0.1, -0.05) is 6.92 Å². The van der Waals surface area contributed by atoms with Gasteiger partial charge in [0.1, 0.15) is 11.6 Å². The highest BCUT2D eigenvalue weighted by molar-refractivity contribution is 7.15. The van der Waals surface area contributed by atoms with Gasteiger partial charge in [-0.2, -0.15) is 0 Å². The first-order valence-corrected chi connectivity index (χ1v) is 12.0. The lowest BCUT2D eigenvalue weighted by Crippen LogP contribution is -2.46. The van der Waals surface area contributed by atoms with E-state index >= 15 is 0 Å². The van der Waals surface area contributed by atoms with Crippen LogP contribution < -0.4 is 10.6 Å². The van der Waals surface area contributed by atoms with Crippen LogP contribution in [0.3, 0.4) is 0 Å². The lowest BCUT2D eigenvalue weighted by Gasteiger charge is -2.35. The summed E-state index contributed by atoms with van der Waals surface area (Å²) in [6.45, 7) is 9.42. The molecule has 0 aromatic carbocycles. The minimum absolute atomic E-state index is 0.0148. The van der Waals surface area contributed by atoms with Gasteiger partial charge in [0, 0.05) is 37.2 Å². The van der Waals surface area contributed by atoms with E-state index in [1.165, 1.54) is 18.3 Å². The summed E-state index contributed by atoms with van der Waals surface area (Å²) in [5.74, 6) is -1.97. The monoisotopic (exact) mass is 482 g/mol. The molecular weight excluding hydrogens is 448 g/mol. The van der Waals surface area contributed by atoms with E-state index in [0.29, 0.717) is 24.5 Å². The first kappa shape index (κ1) is 26.6. The molecular formula is C22H34N4O6S. The molecule has 3 N–H and O–H groups in total. The SMILES string of the molecule is CCCN(C(=O)OC(C)(C)C)[C@H]1CCc2nc(NC(=O)[C@H](CCC(=O)O)NC(C)=O)sc2C1. The van der Waals surface area contributed by atoms with Crippen molar-refractivity contribution in [3.8, 4) is 0 Å². The number of aliphatic carboxylic acids is 1. The van der Waals surface area contributed by atoms with Crippen molar-refractivity contribution >= 4 is 40.3 Å². The van der Waals surface area contributed by atoms with E-state index in [1.54, 1.807) is 4.90 Å². The van der Waals surface area contributed by atoms with Crippen molar-refractivity contribution in [3.63, 3.8) is 0 Å². The molecule has 0 bridgehead atoms. The van der Waals surface area contributed by atoms with Gasteiger partial charge in [0.05, 0.1) is 5.69 Å². The van der Waals surface area contributed by atoms with Gasteiger partial charge in [0.25, 0.3) is 0 Å². The zero-order valence-corrected chi connectivity index (χ0v) is 20.7. The molecule has 33 heavy (non-hydrogen) atoms. The van der Waals surface area contributed by atoms with Gasteiger partial charge in [-0.3, -0.25) is 14.4 Å². The average Bonchev–Trinajstić information content (AvgIpc) is 3.08. The largest absolute Gasteiger partial charge is 0.481 e. The summed E-state index contributed by atoms with van der Waals surface area (Å²) in [6, 6.07) is -0.974. The van der Waals surface area contributed by atoms with E-state index in [9.17, 15) is 19.2 Å². The Labute approximate surface area is 198 Å². The molecule has 0 radical (unpaired) electrons. The highest BCUT2D eigenvalue weighted by Crippen LogP contribution is 2.32. The molecule has 1 aromatic heterocycles. The average molecular weight is 483 g/mol. The Morgan fingerprint density at radius 1 is 1.30 bits per heavy atom. The zero-order chi connectivity index (χ0) is 24.8. The standard InChI is InChI=1S/C22H34N4O6S/c1-6-11-26(21(31)32-22(3,4)5)14-7-8-15-17(12-14)33-20(24-15)25-19(30)16(23-13(2)27)9-10-18(28)29/h14,16H,6-12H2,1-5H3,(H,23,27)(H,28,29)(H,24,25,30)/t14-,16-/m0/s1. The van der Waals surface area contributed by atoms with Crippen LogP contribution >= 0.6 is 11.3 Å². The van der Waals surface area contributed by atoms with E-state index in [-0.39, 0.29) is 25.0 Å². The molecule has 0 aliphatic heterocycles. The highest BCUT2D eigenvalue weighted by atomic mass is 32.1. The van der Waals surface area contributed by atoms with Gasteiger partial charge < -0.3 is 25.4 Å². The highest BCUT2D eigenvalue weighted by Gasteiger charge is 2.32. The lowest BCUT2D eigenvalue weighted by molar-refractivity contribution is -0.137. The maximum Gasteiger partial charge on any atom is 0.410 e. The fourth-order valence-electron chi connectivity index (χ4n) is 3.64. The van der Waals surface area contributed by atoms with E-state index in [0.717, 1.165) is 23.4 Å². The van der Waals surface area contributed by atoms with Gasteiger partial charge in [-0.15, -0.1) is 11.3 Å². The number of aryl methyl sites for hydroxylation is 1. The molecule has 184 valence electrons. The summed E-state index contributed by atoms with van der Waals surface area (Å²) < 4.78 is 5.59. The molecule has 1 aliphatic rings. The molecule has 2 rings (SSSR count). The van der Waals surface area contributed by atoms with Crippen molar-refractivity contribution in [3.05, 3.63) is 10.6 Å². The first-order chi connectivity index (χ1) is 15.4. The van der Waals surface area contributed by atoms with Crippen molar-refractivity contribution in [2.24, 2.45) is 0 Å². The van der Waals surface area contributed by atoms with E-state index in [2.05, 4.69) is 15.6 Å². The number of hydrogen-bond donors (Lipinski definition) is 3. The maximum absolute atomic E-state index is 12.7. The molecule has 0 unspecified atom stereocenters. The summed E-state index contributed by atoms with van der Waals surface area (Å²) in [7, 11) is 0. The van der Waals surface area contributed by atoms with Crippen LogP contribution in [-0.2, 0) is 32.0 Å². The number of nitrogens with one attached hydrogen (secondary N) is 2. The second-order valence-corrected chi connectivity index (χ2v) is 10.2. The smallest absolute Gasteiger partial charge is 0.410 e. The fraction of sp³-hybridized carbons (Fsp3) is 0.682. The lowest BCUT2D eigenvalue weighted by atomic mass is 9.96. The van der Waals surface area contributed by atoms with Crippen molar-refractivity contribution in [1.82, 2.24) is 15.2 Å². The first-order valence-electron chi connectivity index (χ1n) is 11.2. The second kappa shape index (κ2) is 11.4. The topological polar surface area (TPSA) is 138 Å². The predicted octanol–water partition coefficient (Wildman–Crippen LogP) is 2.96. The van der Waals surface area contributed by atoms with Gasteiger partial charge >= 0.3 is 12.1 Å². The van der Waals surface area contributed by atoms with Crippen LogP contribution in [0.1, 0.15) is 70.9 Å². The molecule has 1 heterocycles. The van der Waals surface area contributed by atoms with Crippen LogP contribution in [0.4, 0.5) is 9.93 Å². The summed E-state index contributed by atoms with van der Waals surface area (Å²) in [6.07, 6.45) is 2.26. The number of carbonyl (C=O) groups is 4. The molecule has 1 aromatic rings. The summed E-state index contributed by atoms with van der Waals surface area (Å²) in [4.78, 5) is 54.9. The summed E-state index contributed by atoms with van der Waals surface area (Å²) in [5.41, 5.74) is 0.310. The summed E-state index contributed by atoms with van der Waals surface area (Å²) in [5, 5.41) is 14.5. The summed E-state index contributed by atoms with van der Waals surface area (Å²) >= 11 is 1.34. The number of hydrogen-bond acceptors (Lipinski definition) is 7. The number of nitrogens with zero attached hydrogens (tertiary/aromatic N) is 2. The molecule has 2 atom stereocenters. The Hall–Kier alpha value is -2.69. The van der Waals surface area contributed by atoms with Gasteiger partial charge in [-0.25, -0.2) is 9.78 Å². The van der Waals surface area contributed by atoms with Crippen LogP contribution in [0.2, 0.25) is 0 Å². The minimum atomic E-state index is -1.05. The van der Waals surface area contributed by atoms with Gasteiger partial charge in [-0.05, 0) is 46.5 Å². The molecule has 11 heteroatoms. The van der Waals surface area contributed by atoms with Crippen molar-refractivity contribution in [1.29, 1.82) is 0 Å². The Kier molecular flexibility index (Phi) is 9.21. The number of carbonyl (C=O) groups excluding carboxylic acids is 3. The third kappa shape index (κ3) is 8.30. The van der Waals surface area contributed by atoms with Gasteiger partial charge in [0.2, 0.25) is 11.8 Å². The number of fused-ring (bicyclic) bond motifs is 1. The number of ether oxygens (including phenoxy) is 1.